The molecule has 0 spiro atoms. The normalized spacial score (nSPS) is 17.2. The number of rotatable bonds is 4. The molecule has 1 aromatic rings. The van der Waals surface area contributed by atoms with Crippen LogP contribution in [0.4, 0.5) is 0 Å². The minimum atomic E-state index is -2.32. The Balaban J connectivity index is 3.14. The molecule has 1 unspecified atom stereocenters. The topological polar surface area (TPSA) is 9.23 Å². The van der Waals surface area contributed by atoms with Crippen molar-refractivity contribution in [3.63, 3.8) is 0 Å². The first-order valence-electron chi connectivity index (χ1n) is 5.91. The maximum absolute atomic E-state index is 6.82. The van der Waals surface area contributed by atoms with E-state index in [2.05, 4.69) is 63.9 Å². The number of hydrogen-bond acceptors (Lipinski definition) is 1. The summed E-state index contributed by atoms with van der Waals surface area (Å²) in [6, 6.07) is 10.4. The Hall–Kier alpha value is 0.117. The van der Waals surface area contributed by atoms with Gasteiger partial charge in [-0.15, -0.1) is 0 Å². The van der Waals surface area contributed by atoms with Crippen LogP contribution in [-0.4, -0.2) is 28.3 Å². The van der Waals surface area contributed by atoms with Gasteiger partial charge in [-0.3, -0.25) is 0 Å². The van der Waals surface area contributed by atoms with E-state index < -0.39 is 14.3 Å². The molecule has 0 aliphatic heterocycles. The summed E-state index contributed by atoms with van der Waals surface area (Å²) in [4.78, 5) is 0. The summed E-state index contributed by atoms with van der Waals surface area (Å²) < 4.78 is 6.36. The van der Waals surface area contributed by atoms with E-state index in [4.69, 9.17) is 15.7 Å². The zero-order chi connectivity index (χ0) is 13.3. The predicted molar refractivity (Wildman–Crippen MR) is 84.2 cm³/mol. The number of halogens is 1. The minimum absolute atomic E-state index is 0.0375. The van der Waals surface area contributed by atoms with Crippen LogP contribution >= 0.6 is 17.2 Å². The van der Waals surface area contributed by atoms with Crippen molar-refractivity contribution in [3.05, 3.63) is 35.9 Å². The summed E-state index contributed by atoms with van der Waals surface area (Å²) in [6.45, 7) is 13.1. The Morgan fingerprint density at radius 3 is 1.88 bits per heavy atom. The Labute approximate surface area is 111 Å². The summed E-state index contributed by atoms with van der Waals surface area (Å²) in [7, 11) is -1.61. The zero-order valence-electron chi connectivity index (χ0n) is 11.7. The monoisotopic (exact) mass is 290 g/mol. The summed E-state index contributed by atoms with van der Waals surface area (Å²) in [5, 5.41) is 0. The van der Waals surface area contributed by atoms with Crippen LogP contribution in [-0.2, 0) is 4.43 Å². The SMILES string of the molecule is C[Si](C)(C)OC(c1ccccc1)P(C)(C)(C)Cl. The molecule has 1 aromatic carbocycles. The van der Waals surface area contributed by atoms with E-state index in [1.54, 1.807) is 0 Å². The average molecular weight is 291 g/mol. The third-order valence-electron chi connectivity index (χ3n) is 2.34. The van der Waals surface area contributed by atoms with Crippen molar-refractivity contribution in [2.24, 2.45) is 0 Å². The van der Waals surface area contributed by atoms with Gasteiger partial charge in [0.25, 0.3) is 0 Å². The molecule has 4 heteroatoms. The molecule has 0 aliphatic carbocycles. The molecule has 1 nitrogen and oxygen atoms in total. The molecule has 17 heavy (non-hydrogen) atoms. The number of hydrogen-bond donors (Lipinski definition) is 0. The van der Waals surface area contributed by atoms with Gasteiger partial charge in [0.05, 0.1) is 0 Å². The van der Waals surface area contributed by atoms with E-state index in [0.29, 0.717) is 0 Å². The molecule has 0 amide bonds. The van der Waals surface area contributed by atoms with Gasteiger partial charge in [-0.1, -0.05) is 0 Å². The summed E-state index contributed by atoms with van der Waals surface area (Å²) in [6.07, 6.45) is 0. The first-order chi connectivity index (χ1) is 7.46. The second-order valence-electron chi connectivity index (χ2n) is 6.71. The molecule has 0 bridgehead atoms. The molecule has 0 aromatic heterocycles. The van der Waals surface area contributed by atoms with Gasteiger partial charge in [0.15, 0.2) is 0 Å². The number of benzene rings is 1. The van der Waals surface area contributed by atoms with Crippen LogP contribution in [0.3, 0.4) is 0 Å². The van der Waals surface area contributed by atoms with Crippen LogP contribution in [0.25, 0.3) is 0 Å². The molecule has 0 heterocycles. The first kappa shape index (κ1) is 15.2. The summed E-state index contributed by atoms with van der Waals surface area (Å²) in [5.41, 5.74) is 1.20. The second kappa shape index (κ2) is 4.66. The summed E-state index contributed by atoms with van der Waals surface area (Å²) >= 11 is 6.82. The van der Waals surface area contributed by atoms with Gasteiger partial charge in [-0.2, -0.15) is 0 Å². The Morgan fingerprint density at radius 2 is 1.53 bits per heavy atom. The Bertz CT molecular complexity index is 369. The van der Waals surface area contributed by atoms with Gasteiger partial charge in [0, 0.05) is 0 Å². The standard InChI is InChI=1S/C13H24ClOPSi/c1-16(2,3,14)13(15-17(4,5)6)12-10-8-7-9-11-12/h7-11,13H,1-6H3. The fourth-order valence-corrected chi connectivity index (χ4v) is 6.76. The Morgan fingerprint density at radius 1 is 1.06 bits per heavy atom. The second-order valence-corrected chi connectivity index (χ2v) is 20.7. The van der Waals surface area contributed by atoms with Crippen LogP contribution in [0.1, 0.15) is 11.4 Å². The molecule has 98 valence electrons. The van der Waals surface area contributed by atoms with Crippen LogP contribution in [0.5, 0.6) is 0 Å². The van der Waals surface area contributed by atoms with E-state index in [1.807, 2.05) is 6.07 Å². The molecule has 1 rings (SSSR count). The van der Waals surface area contributed by atoms with Gasteiger partial charge in [-0.25, -0.2) is 0 Å². The van der Waals surface area contributed by atoms with E-state index in [9.17, 15) is 0 Å². The van der Waals surface area contributed by atoms with Crippen molar-refractivity contribution in [1.29, 1.82) is 0 Å². The van der Waals surface area contributed by atoms with E-state index in [1.165, 1.54) is 5.56 Å². The molecule has 1 atom stereocenters. The van der Waals surface area contributed by atoms with Crippen molar-refractivity contribution in [2.45, 2.75) is 25.5 Å². The van der Waals surface area contributed by atoms with Crippen molar-refractivity contribution < 1.29 is 4.43 Å². The van der Waals surface area contributed by atoms with Gasteiger partial charge in [-0.05, 0) is 0 Å². The van der Waals surface area contributed by atoms with Gasteiger partial charge in [0.1, 0.15) is 0 Å². The molecule has 0 aliphatic rings. The van der Waals surface area contributed by atoms with E-state index in [0.717, 1.165) is 0 Å². The Kier molecular flexibility index (Phi) is 4.16. The molecular formula is C13H24ClOPSi. The fourth-order valence-electron chi connectivity index (χ4n) is 1.70. The molecule has 0 fully saturated rings. The molecule has 0 radical (unpaired) electrons. The van der Waals surface area contributed by atoms with E-state index in [-0.39, 0.29) is 5.85 Å². The third-order valence-corrected chi connectivity index (χ3v) is 6.00. The van der Waals surface area contributed by atoms with Crippen LogP contribution in [0.2, 0.25) is 19.6 Å². The van der Waals surface area contributed by atoms with E-state index >= 15 is 0 Å². The molecule has 0 saturated heterocycles. The van der Waals surface area contributed by atoms with Crippen molar-refractivity contribution in [2.75, 3.05) is 20.0 Å². The third kappa shape index (κ3) is 5.09. The molecule has 0 N–H and O–H groups in total. The van der Waals surface area contributed by atoms with Crippen LogP contribution in [0.15, 0.2) is 30.3 Å². The quantitative estimate of drug-likeness (QED) is 0.551. The van der Waals surface area contributed by atoms with Gasteiger partial charge >= 0.3 is 111 Å². The van der Waals surface area contributed by atoms with Gasteiger partial charge < -0.3 is 0 Å². The fraction of sp³-hybridized carbons (Fsp3) is 0.538. The predicted octanol–water partition coefficient (Wildman–Crippen LogP) is 5.13. The maximum atomic E-state index is 6.82. The van der Waals surface area contributed by atoms with Crippen molar-refractivity contribution in [1.82, 2.24) is 0 Å². The molecular weight excluding hydrogens is 267 g/mol. The van der Waals surface area contributed by atoms with Crippen molar-refractivity contribution in [3.8, 4) is 0 Å². The van der Waals surface area contributed by atoms with Crippen LogP contribution < -0.4 is 0 Å². The molecule has 0 saturated carbocycles. The van der Waals surface area contributed by atoms with Gasteiger partial charge in [0.2, 0.25) is 0 Å². The summed E-state index contributed by atoms with van der Waals surface area (Å²) in [5.74, 6) is -2.29. The first-order valence-corrected chi connectivity index (χ1v) is 13.9. The van der Waals surface area contributed by atoms with Crippen molar-refractivity contribution >= 4 is 25.5 Å². The zero-order valence-corrected chi connectivity index (χ0v) is 14.3. The average Bonchev–Trinajstić information content (AvgIpc) is 2.11. The van der Waals surface area contributed by atoms with Crippen LogP contribution in [0, 0.1) is 0 Å².